The Balaban J connectivity index is 2.14. The van der Waals surface area contributed by atoms with Crippen molar-refractivity contribution in [2.45, 2.75) is 12.3 Å². The van der Waals surface area contributed by atoms with E-state index in [1.54, 1.807) is 29.2 Å². The topological polar surface area (TPSA) is 20.3 Å². The van der Waals surface area contributed by atoms with E-state index >= 15 is 0 Å². The normalized spacial score (nSPS) is 19.2. The Kier molecular flexibility index (Phi) is 2.42. The van der Waals surface area contributed by atoms with Crippen molar-refractivity contribution in [2.24, 2.45) is 0 Å². The number of rotatable bonds is 2. The first kappa shape index (κ1) is 10.1. The second-order valence-electron chi connectivity index (χ2n) is 3.74. The molecule has 0 saturated carbocycles. The predicted molar refractivity (Wildman–Crippen MR) is 53.6 cm³/mol. The molecule has 1 saturated heterocycles. The number of benzene rings is 1. The number of nitrogens with zero attached hydrogens (tertiary/aromatic N) is 1. The molecule has 80 valence electrons. The van der Waals surface area contributed by atoms with Crippen molar-refractivity contribution in [1.82, 2.24) is 0 Å². The number of aldehydes is 1. The first-order valence-corrected chi connectivity index (χ1v) is 4.79. The molecule has 0 radical (unpaired) electrons. The van der Waals surface area contributed by atoms with Crippen molar-refractivity contribution in [3.05, 3.63) is 29.8 Å². The smallest absolute Gasteiger partial charge is 0.266 e. The fourth-order valence-electron chi connectivity index (χ4n) is 1.72. The zero-order valence-electron chi connectivity index (χ0n) is 8.12. The molecule has 2 rings (SSSR count). The van der Waals surface area contributed by atoms with Crippen LogP contribution in [0.2, 0.25) is 0 Å². The van der Waals surface area contributed by atoms with Crippen LogP contribution in [0.5, 0.6) is 0 Å². The molecule has 0 N–H and O–H groups in total. The van der Waals surface area contributed by atoms with Crippen LogP contribution in [-0.4, -0.2) is 25.3 Å². The van der Waals surface area contributed by atoms with Gasteiger partial charge in [0.1, 0.15) is 6.29 Å². The molecule has 1 aliphatic rings. The predicted octanol–water partition coefficient (Wildman–Crippen LogP) is 2.34. The van der Waals surface area contributed by atoms with Gasteiger partial charge in [-0.25, -0.2) is 8.78 Å². The van der Waals surface area contributed by atoms with E-state index in [1.807, 2.05) is 0 Å². The molecule has 4 heteroatoms. The van der Waals surface area contributed by atoms with Crippen molar-refractivity contribution in [2.75, 3.05) is 18.0 Å². The maximum atomic E-state index is 12.9. The average Bonchev–Trinajstić information content (AvgIpc) is 2.59. The number of hydrogen-bond acceptors (Lipinski definition) is 2. The summed E-state index contributed by atoms with van der Waals surface area (Å²) in [6, 6.07) is 6.67. The second-order valence-corrected chi connectivity index (χ2v) is 3.74. The maximum absolute atomic E-state index is 12.9. The standard InChI is InChI=1S/C11H11F2NO/c12-11(13)5-6-14(8-11)10-3-1-9(7-15)2-4-10/h1-4,7H,5-6,8H2. The highest BCUT2D eigenvalue weighted by molar-refractivity contribution is 5.75. The van der Waals surface area contributed by atoms with E-state index in [1.165, 1.54) is 0 Å². The summed E-state index contributed by atoms with van der Waals surface area (Å²) in [5.41, 5.74) is 1.31. The van der Waals surface area contributed by atoms with Gasteiger partial charge in [0.25, 0.3) is 5.92 Å². The average molecular weight is 211 g/mol. The lowest BCUT2D eigenvalue weighted by atomic mass is 10.2. The van der Waals surface area contributed by atoms with E-state index in [4.69, 9.17) is 0 Å². The summed E-state index contributed by atoms with van der Waals surface area (Å²) in [4.78, 5) is 12.0. The quantitative estimate of drug-likeness (QED) is 0.700. The second kappa shape index (κ2) is 3.61. The summed E-state index contributed by atoms with van der Waals surface area (Å²) in [5.74, 6) is -2.58. The fraction of sp³-hybridized carbons (Fsp3) is 0.364. The lowest BCUT2D eigenvalue weighted by molar-refractivity contribution is 0.0257. The molecular weight excluding hydrogens is 200 g/mol. The molecule has 0 amide bonds. The number of anilines is 1. The zero-order valence-corrected chi connectivity index (χ0v) is 8.12. The Morgan fingerprint density at radius 2 is 1.93 bits per heavy atom. The fourth-order valence-corrected chi connectivity index (χ4v) is 1.72. The number of halogens is 2. The van der Waals surface area contributed by atoms with Gasteiger partial charge in [-0.3, -0.25) is 4.79 Å². The van der Waals surface area contributed by atoms with E-state index in [2.05, 4.69) is 0 Å². The van der Waals surface area contributed by atoms with Crippen LogP contribution in [0.25, 0.3) is 0 Å². The van der Waals surface area contributed by atoms with E-state index < -0.39 is 5.92 Å². The Morgan fingerprint density at radius 1 is 1.27 bits per heavy atom. The Hall–Kier alpha value is -1.45. The number of carbonyl (C=O) groups excluding carboxylic acids is 1. The van der Waals surface area contributed by atoms with Crippen molar-refractivity contribution < 1.29 is 13.6 Å². The number of alkyl halides is 2. The molecule has 0 atom stereocenters. The molecule has 0 aromatic heterocycles. The molecule has 1 heterocycles. The van der Waals surface area contributed by atoms with Crippen molar-refractivity contribution in [1.29, 1.82) is 0 Å². The van der Waals surface area contributed by atoms with Gasteiger partial charge in [-0.15, -0.1) is 0 Å². The summed E-state index contributed by atoms with van der Waals surface area (Å²) in [6.07, 6.45) is 0.644. The van der Waals surface area contributed by atoms with Crippen LogP contribution in [0.1, 0.15) is 16.8 Å². The molecule has 0 spiro atoms. The van der Waals surface area contributed by atoms with Crippen LogP contribution in [0.3, 0.4) is 0 Å². The minimum Gasteiger partial charge on any atom is -0.365 e. The van der Waals surface area contributed by atoms with E-state index in [-0.39, 0.29) is 13.0 Å². The molecule has 1 aromatic rings. The minimum atomic E-state index is -2.58. The molecule has 2 nitrogen and oxygen atoms in total. The van der Waals surface area contributed by atoms with Crippen LogP contribution in [0.15, 0.2) is 24.3 Å². The lowest BCUT2D eigenvalue weighted by Crippen LogP contribution is -2.24. The van der Waals surface area contributed by atoms with Gasteiger partial charge in [-0.1, -0.05) is 0 Å². The molecule has 15 heavy (non-hydrogen) atoms. The number of hydrogen-bond donors (Lipinski definition) is 0. The maximum Gasteiger partial charge on any atom is 0.266 e. The van der Waals surface area contributed by atoms with Crippen LogP contribution in [0.4, 0.5) is 14.5 Å². The summed E-state index contributed by atoms with van der Waals surface area (Å²) in [6.45, 7) is 0.140. The molecule has 0 unspecified atom stereocenters. The van der Waals surface area contributed by atoms with Crippen LogP contribution < -0.4 is 4.90 Å². The van der Waals surface area contributed by atoms with Gasteiger partial charge < -0.3 is 4.90 Å². The molecule has 0 bridgehead atoms. The molecule has 1 fully saturated rings. The third-order valence-corrected chi connectivity index (χ3v) is 2.56. The molecule has 0 aliphatic carbocycles. The van der Waals surface area contributed by atoms with Crippen molar-refractivity contribution >= 4 is 12.0 Å². The van der Waals surface area contributed by atoms with Gasteiger partial charge in [-0.05, 0) is 24.3 Å². The highest BCUT2D eigenvalue weighted by Crippen LogP contribution is 2.30. The van der Waals surface area contributed by atoms with E-state index in [0.717, 1.165) is 12.0 Å². The first-order valence-electron chi connectivity index (χ1n) is 4.79. The van der Waals surface area contributed by atoms with Crippen LogP contribution in [-0.2, 0) is 0 Å². The van der Waals surface area contributed by atoms with Crippen LogP contribution >= 0.6 is 0 Å². The van der Waals surface area contributed by atoms with Gasteiger partial charge in [0, 0.05) is 24.2 Å². The molecular formula is C11H11F2NO. The van der Waals surface area contributed by atoms with E-state index in [0.29, 0.717) is 12.1 Å². The first-order chi connectivity index (χ1) is 7.11. The Labute approximate surface area is 86.5 Å². The monoisotopic (exact) mass is 211 g/mol. The van der Waals surface area contributed by atoms with Gasteiger partial charge in [0.05, 0.1) is 6.54 Å². The lowest BCUT2D eigenvalue weighted by Gasteiger charge is -2.17. The van der Waals surface area contributed by atoms with Crippen molar-refractivity contribution in [3.63, 3.8) is 0 Å². The zero-order chi connectivity index (χ0) is 10.9. The van der Waals surface area contributed by atoms with Gasteiger partial charge in [0.2, 0.25) is 0 Å². The number of carbonyl (C=O) groups is 1. The van der Waals surface area contributed by atoms with Crippen LogP contribution in [0, 0.1) is 0 Å². The third-order valence-electron chi connectivity index (χ3n) is 2.56. The van der Waals surface area contributed by atoms with Gasteiger partial charge in [0.15, 0.2) is 0 Å². The molecule has 1 aromatic carbocycles. The Morgan fingerprint density at radius 3 is 2.40 bits per heavy atom. The van der Waals surface area contributed by atoms with Crippen molar-refractivity contribution in [3.8, 4) is 0 Å². The Bertz CT molecular complexity index is 361. The summed E-state index contributed by atoms with van der Waals surface area (Å²) in [7, 11) is 0. The summed E-state index contributed by atoms with van der Waals surface area (Å²) >= 11 is 0. The summed E-state index contributed by atoms with van der Waals surface area (Å²) in [5, 5.41) is 0. The highest BCUT2D eigenvalue weighted by atomic mass is 19.3. The molecule has 1 aliphatic heterocycles. The van der Waals surface area contributed by atoms with Gasteiger partial charge >= 0.3 is 0 Å². The SMILES string of the molecule is O=Cc1ccc(N2CCC(F)(F)C2)cc1. The van der Waals surface area contributed by atoms with E-state index in [9.17, 15) is 13.6 Å². The summed E-state index contributed by atoms with van der Waals surface area (Å²) < 4.78 is 25.9. The minimum absolute atomic E-state index is 0.0948. The van der Waals surface area contributed by atoms with Gasteiger partial charge in [-0.2, -0.15) is 0 Å². The third kappa shape index (κ3) is 2.14. The largest absolute Gasteiger partial charge is 0.365 e. The highest BCUT2D eigenvalue weighted by Gasteiger charge is 2.38.